The van der Waals surface area contributed by atoms with E-state index >= 15 is 0 Å². The van der Waals surface area contributed by atoms with Crippen LogP contribution >= 0.6 is 0 Å². The number of carboxylic acid groups (broad SMARTS) is 1. The number of nitrogens with one attached hydrogen (secondary N) is 1. The lowest BCUT2D eigenvalue weighted by Gasteiger charge is -2.06. The molecule has 21 heavy (non-hydrogen) atoms. The number of carbonyl (C=O) groups excluding carboxylic acids is 1. The summed E-state index contributed by atoms with van der Waals surface area (Å²) in [6, 6.07) is 6.82. The molecular formula is C16H17NO4. The molecule has 2 aromatic rings. The maximum Gasteiger partial charge on any atom is 0.339 e. The number of amides is 1. The van der Waals surface area contributed by atoms with E-state index in [1.807, 2.05) is 26.0 Å². The monoisotopic (exact) mass is 287 g/mol. The second-order valence-corrected chi connectivity index (χ2v) is 4.86. The molecule has 0 saturated heterocycles. The van der Waals surface area contributed by atoms with E-state index in [1.165, 1.54) is 6.07 Å². The van der Waals surface area contributed by atoms with Crippen molar-refractivity contribution in [2.24, 2.45) is 0 Å². The van der Waals surface area contributed by atoms with Crippen molar-refractivity contribution in [2.75, 3.05) is 5.32 Å². The van der Waals surface area contributed by atoms with Gasteiger partial charge in [-0.05, 0) is 37.1 Å². The van der Waals surface area contributed by atoms with Gasteiger partial charge in [-0.1, -0.05) is 13.0 Å². The van der Waals surface area contributed by atoms with E-state index in [9.17, 15) is 9.59 Å². The predicted octanol–water partition coefficient (Wildman–Crippen LogP) is 3.41. The van der Waals surface area contributed by atoms with Gasteiger partial charge in [0.15, 0.2) is 5.76 Å². The average Bonchev–Trinajstić information content (AvgIpc) is 2.87. The molecule has 1 aromatic heterocycles. The highest BCUT2D eigenvalue weighted by Gasteiger charge is 2.20. The molecule has 1 amide bonds. The number of hydrogen-bond acceptors (Lipinski definition) is 3. The number of anilines is 1. The first-order valence-electron chi connectivity index (χ1n) is 6.67. The first kappa shape index (κ1) is 14.8. The van der Waals surface area contributed by atoms with Crippen LogP contribution in [0.5, 0.6) is 0 Å². The number of hydrogen-bond donors (Lipinski definition) is 2. The molecule has 0 aliphatic heterocycles. The molecular weight excluding hydrogens is 270 g/mol. The van der Waals surface area contributed by atoms with Crippen LogP contribution in [0.3, 0.4) is 0 Å². The van der Waals surface area contributed by atoms with Gasteiger partial charge in [-0.3, -0.25) is 4.79 Å². The van der Waals surface area contributed by atoms with Gasteiger partial charge in [0.1, 0.15) is 11.3 Å². The Morgan fingerprint density at radius 1 is 1.19 bits per heavy atom. The van der Waals surface area contributed by atoms with Crippen molar-refractivity contribution in [1.82, 2.24) is 0 Å². The topological polar surface area (TPSA) is 79.5 Å². The lowest BCUT2D eigenvalue weighted by atomic mass is 10.1. The molecule has 0 spiro atoms. The van der Waals surface area contributed by atoms with Crippen LogP contribution in [0.2, 0.25) is 0 Å². The molecule has 0 aliphatic carbocycles. The predicted molar refractivity (Wildman–Crippen MR) is 78.9 cm³/mol. The molecule has 5 nitrogen and oxygen atoms in total. The van der Waals surface area contributed by atoms with Gasteiger partial charge in [0, 0.05) is 18.2 Å². The Morgan fingerprint density at radius 2 is 1.90 bits per heavy atom. The van der Waals surface area contributed by atoms with E-state index in [2.05, 4.69) is 5.32 Å². The Hall–Kier alpha value is -2.56. The van der Waals surface area contributed by atoms with Crippen LogP contribution in [-0.4, -0.2) is 17.0 Å². The fraction of sp³-hybridized carbons (Fsp3) is 0.250. The van der Waals surface area contributed by atoms with Gasteiger partial charge in [0.25, 0.3) is 5.91 Å². The smallest absolute Gasteiger partial charge is 0.339 e. The largest absolute Gasteiger partial charge is 0.478 e. The van der Waals surface area contributed by atoms with E-state index in [0.29, 0.717) is 17.9 Å². The molecule has 5 heteroatoms. The number of benzene rings is 1. The molecule has 0 unspecified atom stereocenters. The highest BCUT2D eigenvalue weighted by molar-refractivity contribution is 6.04. The van der Waals surface area contributed by atoms with Gasteiger partial charge >= 0.3 is 5.97 Å². The normalized spacial score (nSPS) is 10.4. The summed E-state index contributed by atoms with van der Waals surface area (Å²) in [4.78, 5) is 23.2. The third kappa shape index (κ3) is 3.13. The number of carbonyl (C=O) groups is 2. The van der Waals surface area contributed by atoms with Gasteiger partial charge < -0.3 is 14.8 Å². The zero-order chi connectivity index (χ0) is 15.6. The Morgan fingerprint density at radius 3 is 2.43 bits per heavy atom. The zero-order valence-corrected chi connectivity index (χ0v) is 12.2. The number of rotatable bonds is 4. The number of furan rings is 1. The first-order chi connectivity index (χ1) is 9.92. The minimum atomic E-state index is -1.10. The van der Waals surface area contributed by atoms with Crippen LogP contribution in [-0.2, 0) is 6.42 Å². The summed E-state index contributed by atoms with van der Waals surface area (Å²) < 4.78 is 5.32. The van der Waals surface area contributed by atoms with Crippen LogP contribution in [0.15, 0.2) is 28.7 Å². The van der Waals surface area contributed by atoms with Crippen molar-refractivity contribution in [3.63, 3.8) is 0 Å². The minimum absolute atomic E-state index is 0.00229. The summed E-state index contributed by atoms with van der Waals surface area (Å²) in [5.74, 6) is -1.25. The summed E-state index contributed by atoms with van der Waals surface area (Å²) in [5, 5.41) is 11.8. The minimum Gasteiger partial charge on any atom is -0.478 e. The molecule has 0 bridgehead atoms. The van der Waals surface area contributed by atoms with Crippen molar-refractivity contribution in [3.05, 3.63) is 52.5 Å². The maximum atomic E-state index is 12.1. The number of aromatic carboxylic acids is 1. The van der Waals surface area contributed by atoms with Gasteiger partial charge in [-0.25, -0.2) is 4.79 Å². The molecule has 2 N–H and O–H groups in total. The molecule has 0 atom stereocenters. The Kier molecular flexibility index (Phi) is 4.12. The summed E-state index contributed by atoms with van der Waals surface area (Å²) in [7, 11) is 0. The Balaban J connectivity index is 2.24. The van der Waals surface area contributed by atoms with Crippen LogP contribution in [0, 0.1) is 13.8 Å². The second kappa shape index (κ2) is 5.83. The highest BCUT2D eigenvalue weighted by atomic mass is 16.4. The van der Waals surface area contributed by atoms with Crippen LogP contribution in [0.25, 0.3) is 0 Å². The molecule has 0 aliphatic rings. The third-order valence-corrected chi connectivity index (χ3v) is 3.35. The summed E-state index contributed by atoms with van der Waals surface area (Å²) >= 11 is 0. The molecule has 0 saturated carbocycles. The van der Waals surface area contributed by atoms with Gasteiger partial charge in [0.05, 0.1) is 0 Å². The van der Waals surface area contributed by atoms with Gasteiger partial charge in [0.2, 0.25) is 0 Å². The van der Waals surface area contributed by atoms with E-state index in [-0.39, 0.29) is 11.3 Å². The number of carboxylic acids is 1. The quantitative estimate of drug-likeness (QED) is 0.903. The molecule has 110 valence electrons. The molecule has 1 aromatic carbocycles. The van der Waals surface area contributed by atoms with Crippen molar-refractivity contribution >= 4 is 17.6 Å². The zero-order valence-electron chi connectivity index (χ0n) is 12.2. The lowest BCUT2D eigenvalue weighted by molar-refractivity contribution is 0.0694. The van der Waals surface area contributed by atoms with E-state index in [4.69, 9.17) is 9.52 Å². The molecule has 0 fully saturated rings. The van der Waals surface area contributed by atoms with Crippen LogP contribution in [0.1, 0.15) is 44.7 Å². The second-order valence-electron chi connectivity index (χ2n) is 4.86. The Labute approximate surface area is 122 Å². The SMILES string of the molecule is CCc1oc(C(=O)Nc2ccc(C)c(C)c2)cc1C(=O)O. The van der Waals surface area contributed by atoms with Crippen molar-refractivity contribution in [3.8, 4) is 0 Å². The number of aryl methyl sites for hydroxylation is 3. The summed E-state index contributed by atoms with van der Waals surface area (Å²) in [6.07, 6.45) is 0.415. The van der Waals surface area contributed by atoms with Gasteiger partial charge in [-0.15, -0.1) is 0 Å². The van der Waals surface area contributed by atoms with Crippen molar-refractivity contribution in [2.45, 2.75) is 27.2 Å². The average molecular weight is 287 g/mol. The first-order valence-corrected chi connectivity index (χ1v) is 6.67. The lowest BCUT2D eigenvalue weighted by Crippen LogP contribution is -2.11. The van der Waals surface area contributed by atoms with Crippen molar-refractivity contribution in [1.29, 1.82) is 0 Å². The highest BCUT2D eigenvalue weighted by Crippen LogP contribution is 2.19. The molecule has 1 heterocycles. The summed E-state index contributed by atoms with van der Waals surface area (Å²) in [6.45, 7) is 5.71. The molecule has 0 radical (unpaired) electrons. The summed E-state index contributed by atoms with van der Waals surface area (Å²) in [5.41, 5.74) is 2.87. The van der Waals surface area contributed by atoms with Gasteiger partial charge in [-0.2, -0.15) is 0 Å². The van der Waals surface area contributed by atoms with Crippen molar-refractivity contribution < 1.29 is 19.1 Å². The Bertz CT molecular complexity index is 700. The molecule has 2 rings (SSSR count). The van der Waals surface area contributed by atoms with E-state index in [1.54, 1.807) is 13.0 Å². The fourth-order valence-electron chi connectivity index (χ4n) is 2.00. The third-order valence-electron chi connectivity index (χ3n) is 3.35. The van der Waals surface area contributed by atoms with E-state index in [0.717, 1.165) is 11.1 Å². The standard InChI is InChI=1S/C16H17NO4/c1-4-13-12(16(19)20)8-14(21-13)15(18)17-11-6-5-9(2)10(3)7-11/h5-8H,4H2,1-3H3,(H,17,18)(H,19,20). The van der Waals surface area contributed by atoms with Crippen LogP contribution in [0.4, 0.5) is 5.69 Å². The van der Waals surface area contributed by atoms with Crippen LogP contribution < -0.4 is 5.32 Å². The maximum absolute atomic E-state index is 12.1. The fourth-order valence-corrected chi connectivity index (χ4v) is 2.00. The van der Waals surface area contributed by atoms with E-state index < -0.39 is 11.9 Å².